The number of halogens is 1. The van der Waals surface area contributed by atoms with Crippen LogP contribution in [0.4, 0.5) is 4.39 Å². The first-order valence-corrected chi connectivity index (χ1v) is 9.82. The van der Waals surface area contributed by atoms with E-state index in [0.29, 0.717) is 25.2 Å². The third-order valence-electron chi connectivity index (χ3n) is 4.99. The molecule has 2 aromatic carbocycles. The van der Waals surface area contributed by atoms with Gasteiger partial charge in [-0.3, -0.25) is 9.78 Å². The Hall–Kier alpha value is -3.57. The Morgan fingerprint density at radius 3 is 2.33 bits per heavy atom. The van der Waals surface area contributed by atoms with Gasteiger partial charge in [-0.2, -0.15) is 0 Å². The first-order valence-electron chi connectivity index (χ1n) is 9.82. The zero-order chi connectivity index (χ0) is 20.8. The lowest BCUT2D eigenvalue weighted by Crippen LogP contribution is -2.18. The summed E-state index contributed by atoms with van der Waals surface area (Å²) in [5, 5.41) is 3.29. The van der Waals surface area contributed by atoms with Crippen molar-refractivity contribution in [3.05, 3.63) is 124 Å². The summed E-state index contributed by atoms with van der Waals surface area (Å²) in [5.41, 5.74) is 4.57. The minimum Gasteiger partial charge on any atom is -0.311 e. The van der Waals surface area contributed by atoms with Gasteiger partial charge in [0.05, 0.1) is 6.54 Å². The van der Waals surface area contributed by atoms with E-state index in [1.165, 1.54) is 0 Å². The normalized spacial score (nSPS) is 10.8. The topological polar surface area (TPSA) is 46.9 Å². The number of hydrogen-bond acceptors (Lipinski definition) is 3. The van der Waals surface area contributed by atoms with Crippen LogP contribution in [0.1, 0.15) is 16.7 Å². The number of rotatable bonds is 7. The standard InChI is InChI=1S/C25H22FN3O/c26-24-15-22(21-10-12-27-13-11-21)8-9-23(24)17-28-16-19-4-6-20(7-5-19)18-29-14-2-1-3-25(29)30/h1-15,28H,16-18H2. The number of pyridine rings is 2. The van der Waals surface area contributed by atoms with Gasteiger partial charge < -0.3 is 9.88 Å². The number of aromatic nitrogens is 2. The van der Waals surface area contributed by atoms with Crippen molar-refractivity contribution in [3.8, 4) is 11.1 Å². The molecule has 1 N–H and O–H groups in total. The van der Waals surface area contributed by atoms with Crippen molar-refractivity contribution in [2.75, 3.05) is 0 Å². The minimum absolute atomic E-state index is 0.0137. The zero-order valence-electron chi connectivity index (χ0n) is 16.5. The summed E-state index contributed by atoms with van der Waals surface area (Å²) in [5.74, 6) is -0.222. The van der Waals surface area contributed by atoms with E-state index in [2.05, 4.69) is 10.3 Å². The molecular weight excluding hydrogens is 377 g/mol. The smallest absolute Gasteiger partial charge is 0.250 e. The number of hydrogen-bond donors (Lipinski definition) is 1. The van der Waals surface area contributed by atoms with E-state index in [-0.39, 0.29) is 11.4 Å². The van der Waals surface area contributed by atoms with Gasteiger partial charge in [0.1, 0.15) is 5.82 Å². The van der Waals surface area contributed by atoms with E-state index in [9.17, 15) is 9.18 Å². The van der Waals surface area contributed by atoms with Gasteiger partial charge in [-0.05, 0) is 46.5 Å². The molecule has 4 aromatic rings. The highest BCUT2D eigenvalue weighted by molar-refractivity contribution is 5.63. The van der Waals surface area contributed by atoms with Crippen LogP contribution in [0, 0.1) is 5.82 Å². The molecule has 0 aliphatic rings. The zero-order valence-corrected chi connectivity index (χ0v) is 16.5. The summed E-state index contributed by atoms with van der Waals surface area (Å²) in [4.78, 5) is 15.8. The molecule has 4 rings (SSSR count). The third-order valence-corrected chi connectivity index (χ3v) is 4.99. The number of nitrogens with one attached hydrogen (secondary N) is 1. The fraction of sp³-hybridized carbons (Fsp3) is 0.120. The van der Waals surface area contributed by atoms with Gasteiger partial charge in [-0.15, -0.1) is 0 Å². The molecule has 150 valence electrons. The average molecular weight is 399 g/mol. The summed E-state index contributed by atoms with van der Waals surface area (Å²) < 4.78 is 16.1. The van der Waals surface area contributed by atoms with Gasteiger partial charge in [-0.1, -0.05) is 42.5 Å². The molecule has 30 heavy (non-hydrogen) atoms. The van der Waals surface area contributed by atoms with Crippen molar-refractivity contribution in [2.45, 2.75) is 19.6 Å². The second-order valence-electron chi connectivity index (χ2n) is 7.13. The highest BCUT2D eigenvalue weighted by atomic mass is 19.1. The second-order valence-corrected chi connectivity index (χ2v) is 7.13. The van der Waals surface area contributed by atoms with Gasteiger partial charge in [0.2, 0.25) is 0 Å². The predicted octanol–water partition coefficient (Wildman–Crippen LogP) is 4.39. The van der Waals surface area contributed by atoms with E-state index in [4.69, 9.17) is 0 Å². The van der Waals surface area contributed by atoms with Crippen LogP contribution in [0.3, 0.4) is 0 Å². The molecular formula is C25H22FN3O. The molecule has 2 heterocycles. The van der Waals surface area contributed by atoms with Crippen molar-refractivity contribution >= 4 is 0 Å². The van der Waals surface area contributed by atoms with Crippen LogP contribution < -0.4 is 10.9 Å². The molecule has 0 amide bonds. The Labute approximate surface area is 174 Å². The lowest BCUT2D eigenvalue weighted by atomic mass is 10.0. The molecule has 0 unspecified atom stereocenters. The van der Waals surface area contributed by atoms with Crippen LogP contribution in [-0.4, -0.2) is 9.55 Å². The average Bonchev–Trinajstić information content (AvgIpc) is 2.78. The quantitative estimate of drug-likeness (QED) is 0.501. The molecule has 0 fully saturated rings. The van der Waals surface area contributed by atoms with Gasteiger partial charge in [0.25, 0.3) is 5.56 Å². The summed E-state index contributed by atoms with van der Waals surface area (Å²) in [6.07, 6.45) is 5.19. The highest BCUT2D eigenvalue weighted by Gasteiger charge is 2.05. The molecule has 0 saturated heterocycles. The van der Waals surface area contributed by atoms with Crippen LogP contribution in [0.2, 0.25) is 0 Å². The van der Waals surface area contributed by atoms with E-state index in [1.54, 1.807) is 41.4 Å². The molecule has 0 radical (unpaired) electrons. The van der Waals surface area contributed by atoms with E-state index < -0.39 is 0 Å². The van der Waals surface area contributed by atoms with Gasteiger partial charge in [-0.25, -0.2) is 4.39 Å². The summed E-state index contributed by atoms with van der Waals surface area (Å²) in [7, 11) is 0. The molecule has 0 aliphatic carbocycles. The Morgan fingerprint density at radius 1 is 0.833 bits per heavy atom. The maximum Gasteiger partial charge on any atom is 0.250 e. The van der Waals surface area contributed by atoms with Gasteiger partial charge in [0.15, 0.2) is 0 Å². The Morgan fingerprint density at radius 2 is 1.60 bits per heavy atom. The fourth-order valence-electron chi connectivity index (χ4n) is 3.31. The first kappa shape index (κ1) is 19.7. The van der Waals surface area contributed by atoms with Crippen molar-refractivity contribution in [1.82, 2.24) is 14.9 Å². The molecule has 0 bridgehead atoms. The number of benzene rings is 2. The Kier molecular flexibility index (Phi) is 6.11. The van der Waals surface area contributed by atoms with Gasteiger partial charge >= 0.3 is 0 Å². The van der Waals surface area contributed by atoms with Gasteiger partial charge in [0, 0.05) is 43.3 Å². The Bertz CT molecular complexity index is 1170. The molecule has 4 nitrogen and oxygen atoms in total. The van der Waals surface area contributed by atoms with Crippen LogP contribution >= 0.6 is 0 Å². The molecule has 0 atom stereocenters. The lowest BCUT2D eigenvalue weighted by Gasteiger charge is -2.09. The van der Waals surface area contributed by atoms with Crippen LogP contribution in [0.25, 0.3) is 11.1 Å². The largest absolute Gasteiger partial charge is 0.311 e. The van der Waals surface area contributed by atoms with Crippen LogP contribution in [0.5, 0.6) is 0 Å². The van der Waals surface area contributed by atoms with E-state index in [0.717, 1.165) is 22.3 Å². The fourth-order valence-corrected chi connectivity index (χ4v) is 3.31. The van der Waals surface area contributed by atoms with Crippen molar-refractivity contribution < 1.29 is 4.39 Å². The third kappa shape index (κ3) is 4.88. The highest BCUT2D eigenvalue weighted by Crippen LogP contribution is 2.21. The van der Waals surface area contributed by atoms with Crippen molar-refractivity contribution in [1.29, 1.82) is 0 Å². The predicted molar refractivity (Wildman–Crippen MR) is 116 cm³/mol. The SMILES string of the molecule is O=c1ccccn1Cc1ccc(CNCc2ccc(-c3ccncc3)cc2F)cc1. The Balaban J connectivity index is 1.33. The van der Waals surface area contributed by atoms with Crippen molar-refractivity contribution in [3.63, 3.8) is 0 Å². The summed E-state index contributed by atoms with van der Waals surface area (Å²) >= 11 is 0. The number of nitrogens with zero attached hydrogens (tertiary/aromatic N) is 2. The molecule has 2 aromatic heterocycles. The maximum atomic E-state index is 14.5. The van der Waals surface area contributed by atoms with Crippen LogP contribution in [0.15, 0.2) is 96.2 Å². The first-order chi connectivity index (χ1) is 14.7. The molecule has 0 spiro atoms. The van der Waals surface area contributed by atoms with E-state index in [1.807, 2.05) is 54.6 Å². The maximum absolute atomic E-state index is 14.5. The molecule has 5 heteroatoms. The lowest BCUT2D eigenvalue weighted by molar-refractivity contribution is 0.588. The molecule has 0 aliphatic heterocycles. The summed E-state index contributed by atoms with van der Waals surface area (Å²) in [6.45, 7) is 1.63. The molecule has 0 saturated carbocycles. The van der Waals surface area contributed by atoms with Crippen molar-refractivity contribution in [2.24, 2.45) is 0 Å². The second kappa shape index (κ2) is 9.29. The monoisotopic (exact) mass is 399 g/mol. The minimum atomic E-state index is -0.222. The summed E-state index contributed by atoms with van der Waals surface area (Å²) in [6, 6.07) is 22.3. The van der Waals surface area contributed by atoms with Crippen LogP contribution in [-0.2, 0) is 19.6 Å². The van der Waals surface area contributed by atoms with E-state index >= 15 is 0 Å².